The first-order chi connectivity index (χ1) is 17.6. The molecular formula is C27H24N4O5. The zero-order valence-corrected chi connectivity index (χ0v) is 19.3. The molecule has 2 amide bonds. The number of nitrogens with zero attached hydrogens (tertiary/aromatic N) is 2. The minimum atomic E-state index is -0.396. The summed E-state index contributed by atoms with van der Waals surface area (Å²) in [5, 5.41) is 4.64. The first-order valence-electron chi connectivity index (χ1n) is 11.7. The summed E-state index contributed by atoms with van der Waals surface area (Å²) in [5.41, 5.74) is 5.00. The monoisotopic (exact) mass is 484 g/mol. The Morgan fingerprint density at radius 3 is 2.58 bits per heavy atom. The second kappa shape index (κ2) is 9.27. The molecule has 36 heavy (non-hydrogen) atoms. The summed E-state index contributed by atoms with van der Waals surface area (Å²) in [6.07, 6.45) is 4.00. The van der Waals surface area contributed by atoms with Crippen LogP contribution in [-0.4, -0.2) is 41.1 Å². The molecule has 0 radical (unpaired) electrons. The van der Waals surface area contributed by atoms with E-state index in [9.17, 15) is 9.59 Å². The van der Waals surface area contributed by atoms with Gasteiger partial charge in [-0.3, -0.25) is 9.59 Å². The van der Waals surface area contributed by atoms with Crippen LogP contribution in [0.2, 0.25) is 0 Å². The Hall–Kier alpha value is -4.50. The summed E-state index contributed by atoms with van der Waals surface area (Å²) in [5.74, 6) is 2.42. The molecule has 3 aromatic carbocycles. The van der Waals surface area contributed by atoms with Crippen molar-refractivity contribution in [3.8, 4) is 23.0 Å². The Balaban J connectivity index is 1.05. The standard InChI is InChI=1S/C27H24N4O5/c32-26(28-19-7-9-21(10-8-19)36-20-4-2-1-3-5-20)16-30-12-13-31-23(27(30)33)15-22(29-31)18-6-11-24-25(14-18)35-17-34-24/h1-14,22-23,29H,15-17H2,(H,28,32). The molecule has 3 aliphatic heterocycles. The second-order valence-electron chi connectivity index (χ2n) is 8.71. The molecule has 6 rings (SSSR count). The smallest absolute Gasteiger partial charge is 0.251 e. The van der Waals surface area contributed by atoms with Gasteiger partial charge < -0.3 is 29.4 Å². The number of carbonyl (C=O) groups is 2. The van der Waals surface area contributed by atoms with E-state index in [1.54, 1.807) is 41.7 Å². The van der Waals surface area contributed by atoms with Gasteiger partial charge in [0.2, 0.25) is 12.7 Å². The summed E-state index contributed by atoms with van der Waals surface area (Å²) in [6.45, 7) is 0.145. The normalized spacial score (nSPS) is 19.8. The average Bonchev–Trinajstić information content (AvgIpc) is 3.55. The summed E-state index contributed by atoms with van der Waals surface area (Å²) in [4.78, 5) is 27.2. The molecular weight excluding hydrogens is 460 g/mol. The van der Waals surface area contributed by atoms with Gasteiger partial charge in [-0.05, 0) is 60.5 Å². The molecule has 0 spiro atoms. The number of nitrogens with one attached hydrogen (secondary N) is 2. The van der Waals surface area contributed by atoms with Gasteiger partial charge in [-0.25, -0.2) is 5.43 Å². The number of para-hydroxylation sites is 1. The molecule has 3 aromatic rings. The van der Waals surface area contributed by atoms with Gasteiger partial charge in [0.15, 0.2) is 11.5 Å². The summed E-state index contributed by atoms with van der Waals surface area (Å²) >= 11 is 0. The molecule has 0 aliphatic carbocycles. The van der Waals surface area contributed by atoms with E-state index in [4.69, 9.17) is 14.2 Å². The van der Waals surface area contributed by atoms with Crippen LogP contribution in [0.5, 0.6) is 23.0 Å². The summed E-state index contributed by atoms with van der Waals surface area (Å²) in [7, 11) is 0. The van der Waals surface area contributed by atoms with Crippen LogP contribution < -0.4 is 25.0 Å². The molecule has 0 saturated carbocycles. The molecule has 1 fully saturated rings. The van der Waals surface area contributed by atoms with Crippen LogP contribution in [0, 0.1) is 0 Å². The van der Waals surface area contributed by atoms with E-state index in [0.717, 1.165) is 17.1 Å². The molecule has 2 unspecified atom stereocenters. The fourth-order valence-corrected chi connectivity index (χ4v) is 4.50. The molecule has 2 atom stereocenters. The third kappa shape index (κ3) is 4.44. The van der Waals surface area contributed by atoms with Crippen molar-refractivity contribution in [2.75, 3.05) is 18.7 Å². The van der Waals surface area contributed by atoms with E-state index in [0.29, 0.717) is 23.6 Å². The maximum atomic E-state index is 13.1. The van der Waals surface area contributed by atoms with Crippen molar-refractivity contribution in [1.82, 2.24) is 15.3 Å². The van der Waals surface area contributed by atoms with Crippen LogP contribution in [0.25, 0.3) is 0 Å². The van der Waals surface area contributed by atoms with E-state index in [-0.39, 0.29) is 31.2 Å². The van der Waals surface area contributed by atoms with Gasteiger partial charge in [-0.2, -0.15) is 0 Å². The van der Waals surface area contributed by atoms with Gasteiger partial charge in [-0.15, -0.1) is 0 Å². The van der Waals surface area contributed by atoms with E-state index in [2.05, 4.69) is 10.7 Å². The topological polar surface area (TPSA) is 92.4 Å². The highest BCUT2D eigenvalue weighted by atomic mass is 16.7. The minimum Gasteiger partial charge on any atom is -0.457 e. The largest absolute Gasteiger partial charge is 0.457 e. The van der Waals surface area contributed by atoms with Crippen molar-refractivity contribution in [1.29, 1.82) is 0 Å². The molecule has 2 N–H and O–H groups in total. The fourth-order valence-electron chi connectivity index (χ4n) is 4.50. The van der Waals surface area contributed by atoms with Gasteiger partial charge in [-0.1, -0.05) is 24.3 Å². The quantitative estimate of drug-likeness (QED) is 0.550. The van der Waals surface area contributed by atoms with Crippen LogP contribution in [0.1, 0.15) is 18.0 Å². The number of amides is 2. The lowest BCUT2D eigenvalue weighted by Crippen LogP contribution is -2.49. The zero-order valence-electron chi connectivity index (χ0n) is 19.3. The van der Waals surface area contributed by atoms with E-state index in [1.807, 2.05) is 48.5 Å². The molecule has 3 aliphatic rings. The highest BCUT2D eigenvalue weighted by Gasteiger charge is 2.40. The predicted octanol–water partition coefficient (Wildman–Crippen LogP) is 3.78. The van der Waals surface area contributed by atoms with Crippen molar-refractivity contribution in [3.05, 3.63) is 90.8 Å². The fraction of sp³-hybridized carbons (Fsp3) is 0.185. The Morgan fingerprint density at radius 2 is 1.75 bits per heavy atom. The van der Waals surface area contributed by atoms with Gasteiger partial charge in [0.1, 0.15) is 24.1 Å². The Labute approximate surface area is 207 Å². The van der Waals surface area contributed by atoms with Gasteiger partial charge >= 0.3 is 0 Å². The number of carbonyl (C=O) groups excluding carboxylic acids is 2. The maximum Gasteiger partial charge on any atom is 0.251 e. The lowest BCUT2D eigenvalue weighted by Gasteiger charge is -2.31. The lowest BCUT2D eigenvalue weighted by molar-refractivity contribution is -0.137. The molecule has 0 bridgehead atoms. The van der Waals surface area contributed by atoms with Gasteiger partial charge in [0.25, 0.3) is 5.91 Å². The van der Waals surface area contributed by atoms with Crippen molar-refractivity contribution in [2.45, 2.75) is 18.5 Å². The number of fused-ring (bicyclic) bond motifs is 2. The molecule has 0 aromatic heterocycles. The number of ether oxygens (including phenoxy) is 3. The van der Waals surface area contributed by atoms with Crippen LogP contribution in [0.4, 0.5) is 5.69 Å². The van der Waals surface area contributed by atoms with Gasteiger partial charge in [0, 0.05) is 18.1 Å². The number of hydrogen-bond donors (Lipinski definition) is 2. The summed E-state index contributed by atoms with van der Waals surface area (Å²) in [6, 6.07) is 21.9. The molecule has 182 valence electrons. The Kier molecular flexibility index (Phi) is 5.67. The number of hydrazine groups is 1. The molecule has 9 nitrogen and oxygen atoms in total. The second-order valence-corrected chi connectivity index (χ2v) is 8.71. The molecule has 9 heteroatoms. The van der Waals surface area contributed by atoms with Crippen molar-refractivity contribution in [2.24, 2.45) is 0 Å². The highest BCUT2D eigenvalue weighted by Crippen LogP contribution is 2.37. The van der Waals surface area contributed by atoms with Crippen molar-refractivity contribution >= 4 is 17.5 Å². The summed E-state index contributed by atoms with van der Waals surface area (Å²) < 4.78 is 16.6. The Morgan fingerprint density at radius 1 is 0.972 bits per heavy atom. The van der Waals surface area contributed by atoms with E-state index >= 15 is 0 Å². The van der Waals surface area contributed by atoms with E-state index in [1.165, 1.54) is 4.90 Å². The third-order valence-corrected chi connectivity index (χ3v) is 6.30. The van der Waals surface area contributed by atoms with Crippen LogP contribution in [-0.2, 0) is 9.59 Å². The first kappa shape index (κ1) is 22.0. The molecule has 3 heterocycles. The van der Waals surface area contributed by atoms with Crippen LogP contribution in [0.3, 0.4) is 0 Å². The number of benzene rings is 3. The van der Waals surface area contributed by atoms with Crippen molar-refractivity contribution in [3.63, 3.8) is 0 Å². The van der Waals surface area contributed by atoms with Crippen LogP contribution >= 0.6 is 0 Å². The number of hydrogen-bond acceptors (Lipinski definition) is 7. The first-order valence-corrected chi connectivity index (χ1v) is 11.7. The highest BCUT2D eigenvalue weighted by molar-refractivity contribution is 5.96. The SMILES string of the molecule is O=C(CN1C=CN2NC(c3ccc4c(c3)OCO4)CC2C1=O)Nc1ccc(Oc2ccccc2)cc1. The average molecular weight is 485 g/mol. The Bertz CT molecular complexity index is 1310. The lowest BCUT2D eigenvalue weighted by atomic mass is 10.0. The van der Waals surface area contributed by atoms with Crippen LogP contribution in [0.15, 0.2) is 85.2 Å². The zero-order chi connectivity index (χ0) is 24.5. The third-order valence-electron chi connectivity index (χ3n) is 6.30. The number of rotatable bonds is 6. The van der Waals surface area contributed by atoms with Gasteiger partial charge in [0.05, 0.1) is 6.04 Å². The minimum absolute atomic E-state index is 0.0523. The predicted molar refractivity (Wildman–Crippen MR) is 131 cm³/mol. The number of anilines is 1. The van der Waals surface area contributed by atoms with Crippen molar-refractivity contribution < 1.29 is 23.8 Å². The maximum absolute atomic E-state index is 13.1. The van der Waals surface area contributed by atoms with E-state index < -0.39 is 6.04 Å². The molecule has 1 saturated heterocycles.